The summed E-state index contributed by atoms with van der Waals surface area (Å²) in [6.45, 7) is 2.67. The molecule has 1 aromatic carbocycles. The van der Waals surface area contributed by atoms with E-state index in [1.807, 2.05) is 4.90 Å². The molecular formula is C21H28N4O4. The molecule has 1 aromatic rings. The Bertz CT molecular complexity index is 800. The Balaban J connectivity index is 1.45. The summed E-state index contributed by atoms with van der Waals surface area (Å²) in [6, 6.07) is 4.75. The Labute approximate surface area is 170 Å². The van der Waals surface area contributed by atoms with Gasteiger partial charge in [0.05, 0.1) is 4.92 Å². The van der Waals surface area contributed by atoms with E-state index in [1.54, 1.807) is 17.0 Å². The number of nitro benzene ring substituents is 1. The fourth-order valence-corrected chi connectivity index (χ4v) is 4.79. The zero-order chi connectivity index (χ0) is 20.4. The fourth-order valence-electron chi connectivity index (χ4n) is 4.79. The Morgan fingerprint density at radius 3 is 2.41 bits per heavy atom. The van der Waals surface area contributed by atoms with Crippen LogP contribution in [0.3, 0.4) is 0 Å². The molecule has 1 unspecified atom stereocenters. The van der Waals surface area contributed by atoms with Crippen molar-refractivity contribution in [1.29, 1.82) is 0 Å². The monoisotopic (exact) mass is 400 g/mol. The van der Waals surface area contributed by atoms with Gasteiger partial charge in [0.15, 0.2) is 0 Å². The maximum absolute atomic E-state index is 12.8. The molecular weight excluding hydrogens is 372 g/mol. The first-order valence-electron chi connectivity index (χ1n) is 10.7. The lowest BCUT2D eigenvalue weighted by Gasteiger charge is -2.21. The minimum Gasteiger partial charge on any atom is -0.380 e. The van der Waals surface area contributed by atoms with E-state index in [1.165, 1.54) is 6.07 Å². The number of nitro groups is 1. The Kier molecular flexibility index (Phi) is 5.69. The molecule has 1 aliphatic carbocycles. The van der Waals surface area contributed by atoms with Crippen LogP contribution in [0.2, 0.25) is 0 Å². The molecule has 1 N–H and O–H groups in total. The highest BCUT2D eigenvalue weighted by Crippen LogP contribution is 2.29. The van der Waals surface area contributed by atoms with Crippen molar-refractivity contribution in [3.63, 3.8) is 0 Å². The van der Waals surface area contributed by atoms with E-state index in [4.69, 9.17) is 0 Å². The summed E-state index contributed by atoms with van der Waals surface area (Å²) in [7, 11) is 0. The van der Waals surface area contributed by atoms with Crippen LogP contribution in [0.25, 0.3) is 0 Å². The molecule has 2 heterocycles. The summed E-state index contributed by atoms with van der Waals surface area (Å²) < 4.78 is 0. The first-order valence-corrected chi connectivity index (χ1v) is 10.7. The quantitative estimate of drug-likeness (QED) is 0.605. The predicted molar refractivity (Wildman–Crippen MR) is 109 cm³/mol. The molecule has 2 saturated heterocycles. The van der Waals surface area contributed by atoms with Gasteiger partial charge in [0.25, 0.3) is 11.6 Å². The molecule has 156 valence electrons. The zero-order valence-electron chi connectivity index (χ0n) is 16.6. The standard InChI is InChI=1S/C21H28N4O4/c26-20(15-5-1-2-6-15)24-12-9-17(14-24)22-16-7-8-19(25(28)29)18(13-16)21(27)23-10-3-4-11-23/h7-8,13,15,17,22H,1-6,9-12,14H2. The molecule has 0 bridgehead atoms. The minimum absolute atomic E-state index is 0.0940. The number of anilines is 1. The van der Waals surface area contributed by atoms with Gasteiger partial charge >= 0.3 is 0 Å². The second kappa shape index (κ2) is 8.39. The molecule has 3 aliphatic rings. The lowest BCUT2D eigenvalue weighted by molar-refractivity contribution is -0.385. The van der Waals surface area contributed by atoms with E-state index < -0.39 is 4.92 Å². The van der Waals surface area contributed by atoms with Crippen molar-refractivity contribution in [1.82, 2.24) is 9.80 Å². The maximum Gasteiger partial charge on any atom is 0.282 e. The number of hydrogen-bond donors (Lipinski definition) is 1. The van der Waals surface area contributed by atoms with E-state index in [-0.39, 0.29) is 35.0 Å². The van der Waals surface area contributed by atoms with Gasteiger partial charge in [0.1, 0.15) is 5.56 Å². The third kappa shape index (κ3) is 4.21. The second-order valence-corrected chi connectivity index (χ2v) is 8.38. The lowest BCUT2D eigenvalue weighted by Crippen LogP contribution is -2.35. The largest absolute Gasteiger partial charge is 0.380 e. The van der Waals surface area contributed by atoms with Crippen molar-refractivity contribution >= 4 is 23.2 Å². The number of likely N-dealkylation sites (tertiary alicyclic amines) is 2. The van der Waals surface area contributed by atoms with E-state index in [9.17, 15) is 19.7 Å². The normalized spacial score (nSPS) is 22.3. The van der Waals surface area contributed by atoms with Crippen LogP contribution in [0.1, 0.15) is 55.3 Å². The summed E-state index contributed by atoms with van der Waals surface area (Å²) in [5.41, 5.74) is 0.675. The number of hydrogen-bond acceptors (Lipinski definition) is 5. The van der Waals surface area contributed by atoms with Gasteiger partial charge in [-0.2, -0.15) is 0 Å². The SMILES string of the molecule is O=C(c1cc(NC2CCN(C(=O)C3CCCC3)C2)ccc1[N+](=O)[O-])N1CCCC1. The third-order valence-corrected chi connectivity index (χ3v) is 6.39. The van der Waals surface area contributed by atoms with E-state index in [2.05, 4.69) is 5.32 Å². The molecule has 0 aromatic heterocycles. The van der Waals surface area contributed by atoms with Crippen molar-refractivity contribution < 1.29 is 14.5 Å². The van der Waals surface area contributed by atoms with Crippen LogP contribution in [0.15, 0.2) is 18.2 Å². The molecule has 2 amide bonds. The smallest absolute Gasteiger partial charge is 0.282 e. The van der Waals surface area contributed by atoms with Crippen molar-refractivity contribution in [2.75, 3.05) is 31.5 Å². The molecule has 2 aliphatic heterocycles. The number of carbonyl (C=O) groups excluding carboxylic acids is 2. The van der Waals surface area contributed by atoms with Crippen molar-refractivity contribution in [3.8, 4) is 0 Å². The van der Waals surface area contributed by atoms with Crippen LogP contribution in [-0.2, 0) is 4.79 Å². The Hall–Kier alpha value is -2.64. The van der Waals surface area contributed by atoms with Gasteiger partial charge in [-0.25, -0.2) is 0 Å². The van der Waals surface area contributed by atoms with E-state index >= 15 is 0 Å². The summed E-state index contributed by atoms with van der Waals surface area (Å²) in [5.74, 6) is 0.167. The van der Waals surface area contributed by atoms with Gasteiger partial charge in [0.2, 0.25) is 5.91 Å². The van der Waals surface area contributed by atoms with Gasteiger partial charge in [-0.15, -0.1) is 0 Å². The summed E-state index contributed by atoms with van der Waals surface area (Å²) in [4.78, 5) is 40.0. The maximum atomic E-state index is 12.8. The average molecular weight is 400 g/mol. The number of benzene rings is 1. The summed E-state index contributed by atoms with van der Waals surface area (Å²) >= 11 is 0. The summed E-state index contributed by atoms with van der Waals surface area (Å²) in [5, 5.41) is 14.8. The Morgan fingerprint density at radius 2 is 1.72 bits per heavy atom. The highest BCUT2D eigenvalue weighted by Gasteiger charge is 2.33. The molecule has 1 saturated carbocycles. The van der Waals surface area contributed by atoms with Crippen LogP contribution in [0.5, 0.6) is 0 Å². The lowest BCUT2D eigenvalue weighted by atomic mass is 10.1. The average Bonchev–Trinajstić information content (AvgIpc) is 3.49. The number of nitrogens with one attached hydrogen (secondary N) is 1. The molecule has 4 rings (SSSR count). The highest BCUT2D eigenvalue weighted by molar-refractivity contribution is 5.99. The minimum atomic E-state index is -0.495. The van der Waals surface area contributed by atoms with Crippen LogP contribution in [0.4, 0.5) is 11.4 Å². The molecule has 3 fully saturated rings. The van der Waals surface area contributed by atoms with Gasteiger partial charge in [0, 0.05) is 49.9 Å². The van der Waals surface area contributed by atoms with Gasteiger partial charge < -0.3 is 15.1 Å². The van der Waals surface area contributed by atoms with Gasteiger partial charge in [-0.05, 0) is 44.2 Å². The molecule has 0 radical (unpaired) electrons. The number of rotatable bonds is 5. The summed E-state index contributed by atoms with van der Waals surface area (Å²) in [6.07, 6.45) is 6.99. The van der Waals surface area contributed by atoms with Crippen LogP contribution in [0, 0.1) is 16.0 Å². The fraction of sp³-hybridized carbons (Fsp3) is 0.619. The number of carbonyl (C=O) groups is 2. The third-order valence-electron chi connectivity index (χ3n) is 6.39. The molecule has 1 atom stereocenters. The van der Waals surface area contributed by atoms with E-state index in [0.717, 1.165) is 51.5 Å². The van der Waals surface area contributed by atoms with Crippen molar-refractivity contribution in [2.24, 2.45) is 5.92 Å². The van der Waals surface area contributed by atoms with Crippen LogP contribution in [-0.4, -0.2) is 58.8 Å². The first kappa shape index (κ1) is 19.7. The Morgan fingerprint density at radius 1 is 1.00 bits per heavy atom. The number of amides is 2. The molecule has 8 heteroatoms. The van der Waals surface area contributed by atoms with Gasteiger partial charge in [-0.1, -0.05) is 12.8 Å². The highest BCUT2D eigenvalue weighted by atomic mass is 16.6. The zero-order valence-corrected chi connectivity index (χ0v) is 16.6. The van der Waals surface area contributed by atoms with E-state index in [0.29, 0.717) is 25.3 Å². The molecule has 29 heavy (non-hydrogen) atoms. The second-order valence-electron chi connectivity index (χ2n) is 8.38. The van der Waals surface area contributed by atoms with Crippen molar-refractivity contribution in [2.45, 2.75) is 51.0 Å². The number of nitrogens with zero attached hydrogens (tertiary/aromatic N) is 3. The van der Waals surface area contributed by atoms with Gasteiger partial charge in [-0.3, -0.25) is 19.7 Å². The molecule has 8 nitrogen and oxygen atoms in total. The topological polar surface area (TPSA) is 95.8 Å². The molecule has 0 spiro atoms. The predicted octanol–water partition coefficient (Wildman–Crippen LogP) is 3.03. The van der Waals surface area contributed by atoms with Crippen LogP contribution >= 0.6 is 0 Å². The first-order chi connectivity index (χ1) is 14.0. The van der Waals surface area contributed by atoms with Crippen LogP contribution < -0.4 is 5.32 Å². The van der Waals surface area contributed by atoms with Crippen molar-refractivity contribution in [3.05, 3.63) is 33.9 Å².